The second-order valence-corrected chi connectivity index (χ2v) is 6.28. The molecule has 0 spiro atoms. The molecule has 20 heavy (non-hydrogen) atoms. The number of hydrogen-bond acceptors (Lipinski definition) is 3. The largest absolute Gasteiger partial charge is 0.378 e. The van der Waals surface area contributed by atoms with Crippen molar-refractivity contribution in [3.63, 3.8) is 0 Å². The summed E-state index contributed by atoms with van der Waals surface area (Å²) in [5, 5.41) is 13.0. The van der Waals surface area contributed by atoms with E-state index in [1.165, 1.54) is 0 Å². The predicted molar refractivity (Wildman–Crippen MR) is 82.4 cm³/mol. The normalized spacial score (nSPS) is 18.9. The number of nitrogens with zero attached hydrogens (tertiary/aromatic N) is 1. The lowest BCUT2D eigenvalue weighted by Gasteiger charge is -2.29. The van der Waals surface area contributed by atoms with Crippen LogP contribution >= 0.6 is 11.6 Å². The summed E-state index contributed by atoms with van der Waals surface area (Å²) in [7, 11) is 1.99. The molecule has 1 aromatic carbocycles. The number of aliphatic hydroxyl groups excluding tert-OH is 1. The van der Waals surface area contributed by atoms with Crippen molar-refractivity contribution in [3.05, 3.63) is 22.7 Å². The Morgan fingerprint density at radius 1 is 1.40 bits per heavy atom. The molecule has 0 saturated heterocycles. The number of carbonyl (C=O) groups is 1. The summed E-state index contributed by atoms with van der Waals surface area (Å²) in [4.78, 5) is 13.6. The van der Waals surface area contributed by atoms with Gasteiger partial charge >= 0.3 is 0 Å². The molecule has 2 N–H and O–H groups in total. The highest BCUT2D eigenvalue weighted by Gasteiger charge is 2.30. The van der Waals surface area contributed by atoms with Gasteiger partial charge in [0.15, 0.2) is 6.10 Å². The molecule has 110 valence electrons. The first-order chi connectivity index (χ1) is 9.31. The van der Waals surface area contributed by atoms with E-state index in [0.29, 0.717) is 28.2 Å². The highest BCUT2D eigenvalue weighted by Crippen LogP contribution is 2.39. The minimum Gasteiger partial charge on any atom is -0.378 e. The van der Waals surface area contributed by atoms with Gasteiger partial charge in [0.25, 0.3) is 5.91 Å². The number of hydrogen-bond donors (Lipinski definition) is 2. The van der Waals surface area contributed by atoms with Crippen LogP contribution in [0.5, 0.6) is 0 Å². The fraction of sp³-hybridized carbons (Fsp3) is 0.533. The number of nitrogens with one attached hydrogen (secondary N) is 1. The van der Waals surface area contributed by atoms with E-state index in [1.807, 2.05) is 13.1 Å². The molecular formula is C15H21ClN2O2. The molecule has 1 amide bonds. The molecule has 2 unspecified atom stereocenters. The maximum atomic E-state index is 11.5. The number of halogens is 1. The molecule has 0 aromatic heterocycles. The van der Waals surface area contributed by atoms with Crippen LogP contribution < -0.4 is 10.2 Å². The summed E-state index contributed by atoms with van der Waals surface area (Å²) in [6.45, 7) is 6.52. The predicted octanol–water partition coefficient (Wildman–Crippen LogP) is 3.20. The van der Waals surface area contributed by atoms with Crippen LogP contribution in [0.25, 0.3) is 0 Å². The Labute approximate surface area is 124 Å². The molecule has 1 aliphatic rings. The van der Waals surface area contributed by atoms with Crippen molar-refractivity contribution in [1.29, 1.82) is 0 Å². The number of rotatable bonds is 4. The van der Waals surface area contributed by atoms with Gasteiger partial charge in [0.05, 0.1) is 10.7 Å². The van der Waals surface area contributed by atoms with Gasteiger partial charge in [-0.15, -0.1) is 0 Å². The van der Waals surface area contributed by atoms with Crippen LogP contribution in [-0.2, 0) is 4.79 Å². The highest BCUT2D eigenvalue weighted by atomic mass is 35.5. The highest BCUT2D eigenvalue weighted by molar-refractivity contribution is 6.33. The number of fused-ring (bicyclic) bond motifs is 1. The lowest BCUT2D eigenvalue weighted by atomic mass is 10.0. The van der Waals surface area contributed by atoms with E-state index in [9.17, 15) is 9.90 Å². The molecule has 0 saturated carbocycles. The molecule has 0 aliphatic carbocycles. The maximum absolute atomic E-state index is 11.5. The summed E-state index contributed by atoms with van der Waals surface area (Å²) >= 11 is 6.30. The van der Waals surface area contributed by atoms with Gasteiger partial charge in [-0.3, -0.25) is 4.79 Å². The van der Waals surface area contributed by atoms with Crippen LogP contribution in [0.3, 0.4) is 0 Å². The van der Waals surface area contributed by atoms with Crippen LogP contribution in [-0.4, -0.2) is 24.1 Å². The van der Waals surface area contributed by atoms with Crippen LogP contribution in [0.15, 0.2) is 12.1 Å². The third-order valence-corrected chi connectivity index (χ3v) is 4.08. The van der Waals surface area contributed by atoms with Crippen molar-refractivity contribution >= 4 is 28.9 Å². The van der Waals surface area contributed by atoms with Gasteiger partial charge in [0.2, 0.25) is 0 Å². The van der Waals surface area contributed by atoms with Crippen molar-refractivity contribution in [2.45, 2.75) is 39.3 Å². The molecule has 5 heteroatoms. The number of anilines is 2. The quantitative estimate of drug-likeness (QED) is 0.897. The van der Waals surface area contributed by atoms with Crippen molar-refractivity contribution in [2.24, 2.45) is 5.92 Å². The van der Waals surface area contributed by atoms with Gasteiger partial charge < -0.3 is 15.3 Å². The molecule has 2 rings (SSSR count). The lowest BCUT2D eigenvalue weighted by molar-refractivity contribution is -0.123. The fourth-order valence-electron chi connectivity index (χ4n) is 2.60. The van der Waals surface area contributed by atoms with Crippen molar-refractivity contribution in [3.8, 4) is 0 Å². The molecular weight excluding hydrogens is 276 g/mol. The Bertz CT molecular complexity index is 531. The number of aliphatic hydroxyl groups is 1. The summed E-state index contributed by atoms with van der Waals surface area (Å²) in [6, 6.07) is 3.85. The summed E-state index contributed by atoms with van der Waals surface area (Å²) in [5.41, 5.74) is 2.06. The van der Waals surface area contributed by atoms with Crippen LogP contribution in [0.4, 0.5) is 11.4 Å². The Morgan fingerprint density at radius 3 is 2.65 bits per heavy atom. The van der Waals surface area contributed by atoms with Crippen molar-refractivity contribution in [1.82, 2.24) is 0 Å². The summed E-state index contributed by atoms with van der Waals surface area (Å²) < 4.78 is 0. The van der Waals surface area contributed by atoms with E-state index in [4.69, 9.17) is 11.6 Å². The first-order valence-corrected chi connectivity index (χ1v) is 7.24. The fourth-order valence-corrected chi connectivity index (χ4v) is 2.91. The zero-order valence-corrected chi connectivity index (χ0v) is 13.0. The standard InChI is InChI=1S/C15H21ClN2O2/c1-8(2)5-9(3)18(4)13-7-12-10(6-11(13)16)14(19)15(20)17-12/h6-9,14,19H,5H2,1-4H3,(H,17,20). The zero-order chi connectivity index (χ0) is 15.0. The van der Waals surface area contributed by atoms with E-state index in [2.05, 4.69) is 31.0 Å². The minimum absolute atomic E-state index is 0.340. The van der Waals surface area contributed by atoms with E-state index in [-0.39, 0.29) is 0 Å². The molecule has 0 fully saturated rings. The average Bonchev–Trinajstić information content (AvgIpc) is 2.63. The second kappa shape index (κ2) is 5.62. The zero-order valence-electron chi connectivity index (χ0n) is 12.3. The number of carbonyl (C=O) groups excluding carboxylic acids is 1. The van der Waals surface area contributed by atoms with Crippen molar-refractivity contribution < 1.29 is 9.90 Å². The van der Waals surface area contributed by atoms with Gasteiger partial charge in [0.1, 0.15) is 0 Å². The number of amides is 1. The smallest absolute Gasteiger partial charge is 0.257 e. The van der Waals surface area contributed by atoms with Crippen molar-refractivity contribution in [2.75, 3.05) is 17.3 Å². The molecule has 4 nitrogen and oxygen atoms in total. The summed E-state index contributed by atoms with van der Waals surface area (Å²) in [5.74, 6) is 0.202. The molecule has 0 radical (unpaired) electrons. The van der Waals surface area contributed by atoms with Gasteiger partial charge in [-0.1, -0.05) is 25.4 Å². The molecule has 1 heterocycles. The maximum Gasteiger partial charge on any atom is 0.257 e. The third-order valence-electron chi connectivity index (χ3n) is 3.77. The Hall–Kier alpha value is -1.26. The van der Waals surface area contributed by atoms with E-state index in [0.717, 1.165) is 12.1 Å². The number of benzene rings is 1. The molecule has 0 bridgehead atoms. The first-order valence-electron chi connectivity index (χ1n) is 6.86. The van der Waals surface area contributed by atoms with Gasteiger partial charge in [-0.25, -0.2) is 0 Å². The molecule has 1 aromatic rings. The van der Waals surface area contributed by atoms with E-state index >= 15 is 0 Å². The van der Waals surface area contributed by atoms with Crippen LogP contribution in [0.2, 0.25) is 5.02 Å². The molecule has 2 atom stereocenters. The minimum atomic E-state index is -1.12. The van der Waals surface area contributed by atoms with E-state index in [1.54, 1.807) is 6.07 Å². The van der Waals surface area contributed by atoms with Gasteiger partial charge in [0, 0.05) is 24.3 Å². The van der Waals surface area contributed by atoms with Crippen LogP contribution in [0, 0.1) is 5.92 Å². The van der Waals surface area contributed by atoms with Gasteiger partial charge in [-0.2, -0.15) is 0 Å². The monoisotopic (exact) mass is 296 g/mol. The Morgan fingerprint density at radius 2 is 2.05 bits per heavy atom. The van der Waals surface area contributed by atoms with Crippen LogP contribution in [0.1, 0.15) is 38.9 Å². The SMILES string of the molecule is CC(C)CC(C)N(C)c1cc2c(cc1Cl)C(O)C(=O)N2. The summed E-state index contributed by atoms with van der Waals surface area (Å²) in [6.07, 6.45) is -0.0613. The Kier molecular flexibility index (Phi) is 4.25. The lowest BCUT2D eigenvalue weighted by Crippen LogP contribution is -2.30. The molecule has 1 aliphatic heterocycles. The topological polar surface area (TPSA) is 52.6 Å². The third kappa shape index (κ3) is 2.76. The average molecular weight is 297 g/mol. The first kappa shape index (κ1) is 15.1. The Balaban J connectivity index is 2.30. The second-order valence-electron chi connectivity index (χ2n) is 5.87. The van der Waals surface area contributed by atoms with E-state index < -0.39 is 12.0 Å². The van der Waals surface area contributed by atoms with Gasteiger partial charge in [-0.05, 0) is 31.4 Å².